The summed E-state index contributed by atoms with van der Waals surface area (Å²) in [5.41, 5.74) is 1.59. The molecule has 0 atom stereocenters. The molecule has 0 bridgehead atoms. The van der Waals surface area contributed by atoms with Gasteiger partial charge in [0.05, 0.1) is 9.21 Å². The van der Waals surface area contributed by atoms with Gasteiger partial charge in [-0.3, -0.25) is 0 Å². The van der Waals surface area contributed by atoms with E-state index in [2.05, 4.69) is 13.0 Å². The van der Waals surface area contributed by atoms with Gasteiger partial charge in [0.15, 0.2) is 0 Å². The molecule has 10 heavy (non-hydrogen) atoms. The van der Waals surface area contributed by atoms with Gasteiger partial charge < -0.3 is 4.55 Å². The zero-order chi connectivity index (χ0) is 7.82. The number of rotatable bonds is 0. The quantitative estimate of drug-likeness (QED) is 0.408. The van der Waals surface area contributed by atoms with Crippen LogP contribution in [-0.2, 0) is 0 Å². The second kappa shape index (κ2) is 7.88. The zero-order valence-electron chi connectivity index (χ0n) is 6.14. The third kappa shape index (κ3) is 6.89. The third-order valence-electron chi connectivity index (χ3n) is 1.52. The summed E-state index contributed by atoms with van der Waals surface area (Å²) in [5, 5.41) is 0. The molecule has 0 spiro atoms. The van der Waals surface area contributed by atoms with E-state index in [9.17, 15) is 0 Å². The van der Waals surface area contributed by atoms with Crippen LogP contribution in [0.5, 0.6) is 0 Å². The summed E-state index contributed by atoms with van der Waals surface area (Å²) in [6, 6.07) is 0. The van der Waals surface area contributed by atoms with Crippen LogP contribution in [0.3, 0.4) is 0 Å². The van der Waals surface area contributed by atoms with Crippen LogP contribution in [0.25, 0.3) is 0 Å². The van der Waals surface area contributed by atoms with E-state index in [0.717, 1.165) is 9.21 Å². The Hall–Kier alpha value is 0.780. The van der Waals surface area contributed by atoms with Crippen LogP contribution in [0.2, 0.25) is 0 Å². The molecule has 0 amide bonds. The summed E-state index contributed by atoms with van der Waals surface area (Å²) in [5.74, 6) is 0. The summed E-state index contributed by atoms with van der Waals surface area (Å²) in [6.07, 6.45) is 7.86. The fourth-order valence-electron chi connectivity index (χ4n) is 0.999. The average molecular weight is 272 g/mol. The Morgan fingerprint density at radius 1 is 1.60 bits per heavy atom. The minimum Gasteiger partial charge on any atom is -0.321 e. The van der Waals surface area contributed by atoms with Crippen LogP contribution >= 0.6 is 30.4 Å². The number of hydrogen-bond donors (Lipinski definition) is 1. The van der Waals surface area contributed by atoms with E-state index in [0.29, 0.717) is 0 Å². The van der Waals surface area contributed by atoms with E-state index in [1.165, 1.54) is 25.7 Å². The van der Waals surface area contributed by atoms with Crippen molar-refractivity contribution in [3.8, 4) is 0 Å². The molecule has 1 nitrogen and oxygen atoms in total. The molecule has 1 aliphatic rings. The molecule has 0 saturated heterocycles. The molecule has 3 heteroatoms. The van der Waals surface area contributed by atoms with Crippen molar-refractivity contribution in [2.45, 2.75) is 32.6 Å². The van der Waals surface area contributed by atoms with Gasteiger partial charge in [0.25, 0.3) is 0 Å². The van der Waals surface area contributed by atoms with Gasteiger partial charge in [-0.2, -0.15) is 0 Å². The lowest BCUT2D eigenvalue weighted by Crippen LogP contribution is -1.85. The highest BCUT2D eigenvalue weighted by molar-refractivity contribution is 14.2. The Balaban J connectivity index is 0.000000236. The van der Waals surface area contributed by atoms with Crippen LogP contribution < -0.4 is 0 Å². The summed E-state index contributed by atoms with van der Waals surface area (Å²) in [7, 11) is 0.720. The second-order valence-electron chi connectivity index (χ2n) is 2.37. The van der Waals surface area contributed by atoms with Crippen LogP contribution in [0.4, 0.5) is 0 Å². The van der Waals surface area contributed by atoms with Crippen molar-refractivity contribution >= 4 is 30.4 Å². The first-order chi connectivity index (χ1) is 4.81. The Morgan fingerprint density at radius 2 is 2.20 bits per heavy atom. The van der Waals surface area contributed by atoms with Crippen LogP contribution in [-0.4, -0.2) is 4.55 Å². The Bertz CT molecular complexity index is 104. The van der Waals surface area contributed by atoms with Crippen molar-refractivity contribution in [1.29, 1.82) is 0 Å². The maximum atomic E-state index is 7.47. The maximum Gasteiger partial charge on any atom is 0.0621 e. The molecule has 1 aliphatic carbocycles. The van der Waals surface area contributed by atoms with E-state index in [-0.39, 0.29) is 0 Å². The molecule has 0 aromatic rings. The fraction of sp³-hybridized carbons (Fsp3) is 0.714. The summed E-state index contributed by atoms with van der Waals surface area (Å²) in [4.78, 5) is 0. The minimum absolute atomic E-state index is 0.720. The van der Waals surface area contributed by atoms with Crippen LogP contribution in [0, 0.1) is 0 Å². The van der Waals surface area contributed by atoms with E-state index in [4.69, 9.17) is 4.55 Å². The lowest BCUT2D eigenvalue weighted by molar-refractivity contribution is 0.678. The predicted molar refractivity (Wildman–Crippen MR) is 56.5 cm³/mol. The molecule has 0 fully saturated rings. The van der Waals surface area contributed by atoms with E-state index in [1.54, 1.807) is 26.8 Å². The highest BCUT2D eigenvalue weighted by Gasteiger charge is 1.95. The molecule has 0 aromatic heterocycles. The Morgan fingerprint density at radius 3 is 2.40 bits per heavy atom. The van der Waals surface area contributed by atoms with Gasteiger partial charge in [0, 0.05) is 21.2 Å². The first-order valence-electron chi connectivity index (χ1n) is 3.39. The minimum atomic E-state index is 0.720. The standard InChI is InChI=1S/C7H12.HIOS/c1-7-5-3-2-4-6-7;1-3-2/h5H,2-4,6H2,1H3;2H. The van der Waals surface area contributed by atoms with Crippen LogP contribution in [0.15, 0.2) is 11.6 Å². The molecule has 60 valence electrons. The molecule has 1 rings (SSSR count). The molecule has 0 aliphatic heterocycles. The summed E-state index contributed by atoms with van der Waals surface area (Å²) >= 11 is 1.76. The van der Waals surface area contributed by atoms with Crippen molar-refractivity contribution in [3.63, 3.8) is 0 Å². The summed E-state index contributed by atoms with van der Waals surface area (Å²) in [6.45, 7) is 2.22. The lowest BCUT2D eigenvalue weighted by atomic mass is 10.0. The van der Waals surface area contributed by atoms with Gasteiger partial charge >= 0.3 is 0 Å². The SMILES string of the molecule is CC1=CCCCC1.OSI. The smallest absolute Gasteiger partial charge is 0.0621 e. The van der Waals surface area contributed by atoms with Crippen LogP contribution in [0.1, 0.15) is 32.6 Å². The summed E-state index contributed by atoms with van der Waals surface area (Å²) < 4.78 is 7.47. The molecular formula is C7H13IOS. The highest BCUT2D eigenvalue weighted by Crippen LogP contribution is 2.15. The molecule has 1 N–H and O–H groups in total. The topological polar surface area (TPSA) is 20.2 Å². The Kier molecular flexibility index (Phi) is 8.50. The van der Waals surface area contributed by atoms with Gasteiger partial charge in [-0.1, -0.05) is 11.6 Å². The molecule has 0 radical (unpaired) electrons. The van der Waals surface area contributed by atoms with Crippen molar-refractivity contribution in [2.24, 2.45) is 0 Å². The van der Waals surface area contributed by atoms with Gasteiger partial charge in [-0.15, -0.1) is 0 Å². The molecule has 0 saturated carbocycles. The first-order valence-corrected chi connectivity index (χ1v) is 6.70. The predicted octanol–water partition coefficient (Wildman–Crippen LogP) is 4.05. The zero-order valence-corrected chi connectivity index (χ0v) is 9.11. The average Bonchev–Trinajstić information content (AvgIpc) is 1.91. The van der Waals surface area contributed by atoms with E-state index >= 15 is 0 Å². The van der Waals surface area contributed by atoms with Crippen molar-refractivity contribution in [1.82, 2.24) is 0 Å². The molecular weight excluding hydrogens is 259 g/mol. The number of hydrogen-bond acceptors (Lipinski definition) is 2. The van der Waals surface area contributed by atoms with Gasteiger partial charge in [-0.25, -0.2) is 0 Å². The second-order valence-corrected chi connectivity index (χ2v) is 3.68. The normalized spacial score (nSPS) is 16.9. The lowest BCUT2D eigenvalue weighted by Gasteiger charge is -2.05. The highest BCUT2D eigenvalue weighted by atomic mass is 127. The van der Waals surface area contributed by atoms with Crippen molar-refractivity contribution in [3.05, 3.63) is 11.6 Å². The first kappa shape index (κ1) is 10.8. The van der Waals surface area contributed by atoms with Crippen molar-refractivity contribution < 1.29 is 4.55 Å². The molecule has 0 aromatic carbocycles. The Labute approximate surface area is 79.1 Å². The van der Waals surface area contributed by atoms with E-state index in [1.807, 2.05) is 0 Å². The number of allylic oxidation sites excluding steroid dienone is 2. The van der Waals surface area contributed by atoms with Gasteiger partial charge in [0.2, 0.25) is 0 Å². The largest absolute Gasteiger partial charge is 0.321 e. The number of halogens is 1. The van der Waals surface area contributed by atoms with Gasteiger partial charge in [0.1, 0.15) is 0 Å². The van der Waals surface area contributed by atoms with Crippen molar-refractivity contribution in [2.75, 3.05) is 0 Å². The van der Waals surface area contributed by atoms with Gasteiger partial charge in [-0.05, 0) is 32.6 Å². The third-order valence-corrected chi connectivity index (χ3v) is 1.52. The fourth-order valence-corrected chi connectivity index (χ4v) is 0.999. The van der Waals surface area contributed by atoms with E-state index < -0.39 is 0 Å². The molecule has 0 unspecified atom stereocenters. The molecule has 0 heterocycles. The maximum absolute atomic E-state index is 7.47. The monoisotopic (exact) mass is 272 g/mol.